The van der Waals surface area contributed by atoms with Crippen LogP contribution in [0.1, 0.15) is 21.6 Å². The smallest absolute Gasteiger partial charge is 0.262 e. The first-order chi connectivity index (χ1) is 12.3. The van der Waals surface area contributed by atoms with E-state index in [0.29, 0.717) is 27.7 Å². The number of phenols is 1. The Labute approximate surface area is 163 Å². The van der Waals surface area contributed by atoms with Crippen molar-refractivity contribution in [2.24, 2.45) is 0 Å². The number of benzene rings is 2. The highest BCUT2D eigenvalue weighted by Gasteiger charge is 2.22. The molecule has 0 bridgehead atoms. The zero-order valence-electron chi connectivity index (χ0n) is 14.1. The van der Waals surface area contributed by atoms with Crippen molar-refractivity contribution in [3.8, 4) is 5.75 Å². The molecule has 0 saturated heterocycles. The fourth-order valence-electron chi connectivity index (χ4n) is 2.94. The average Bonchev–Trinajstić information content (AvgIpc) is 2.87. The summed E-state index contributed by atoms with van der Waals surface area (Å²) in [6.07, 6.45) is 0.0977. The molecule has 0 aliphatic carbocycles. The molecule has 2 N–H and O–H groups in total. The fraction of sp³-hybridized carbons (Fsp3) is 0.158. The number of aromatic hydroxyl groups is 1. The van der Waals surface area contributed by atoms with Gasteiger partial charge in [-0.3, -0.25) is 14.2 Å². The maximum atomic E-state index is 13.1. The molecule has 134 valence electrons. The van der Waals surface area contributed by atoms with E-state index < -0.39 is 0 Å². The third-order valence-corrected chi connectivity index (χ3v) is 5.15. The van der Waals surface area contributed by atoms with Gasteiger partial charge in [0.1, 0.15) is 5.75 Å². The van der Waals surface area contributed by atoms with Crippen molar-refractivity contribution >= 4 is 50.2 Å². The minimum atomic E-state index is -0.232. The lowest BCUT2D eigenvalue weighted by Crippen LogP contribution is -2.20. The third kappa shape index (κ3) is 3.22. The second-order valence-electron chi connectivity index (χ2n) is 5.88. The van der Waals surface area contributed by atoms with E-state index in [1.54, 1.807) is 44.3 Å². The van der Waals surface area contributed by atoms with E-state index in [9.17, 15) is 14.7 Å². The summed E-state index contributed by atoms with van der Waals surface area (Å²) in [5, 5.41) is 13.3. The van der Waals surface area contributed by atoms with Crippen LogP contribution >= 0.6 is 27.5 Å². The van der Waals surface area contributed by atoms with E-state index >= 15 is 0 Å². The lowest BCUT2D eigenvalue weighted by Gasteiger charge is -2.08. The molecule has 5 nitrogen and oxygen atoms in total. The molecule has 7 heteroatoms. The van der Waals surface area contributed by atoms with Gasteiger partial charge in [0, 0.05) is 28.2 Å². The molecule has 3 aromatic rings. The van der Waals surface area contributed by atoms with Crippen molar-refractivity contribution in [1.29, 1.82) is 0 Å². The first-order valence-corrected chi connectivity index (χ1v) is 9.03. The SMILES string of the molecule is CNC(=O)Cc1c(C)n(C(=O)c2ccc(Br)cc2)c2cc(Cl)c(O)cc12. The molecule has 0 unspecified atom stereocenters. The number of likely N-dealkylation sites (N-methyl/N-ethyl adjacent to an activating group) is 1. The normalized spacial score (nSPS) is 10.9. The monoisotopic (exact) mass is 434 g/mol. The highest BCUT2D eigenvalue weighted by molar-refractivity contribution is 9.10. The summed E-state index contributed by atoms with van der Waals surface area (Å²) in [5.74, 6) is -0.506. The number of amides is 1. The molecule has 0 saturated carbocycles. The van der Waals surface area contributed by atoms with Gasteiger partial charge in [0.15, 0.2) is 0 Å². The van der Waals surface area contributed by atoms with E-state index in [1.165, 1.54) is 10.6 Å². The maximum Gasteiger partial charge on any atom is 0.262 e. The number of hydrogen-bond donors (Lipinski definition) is 2. The molecule has 3 rings (SSSR count). The van der Waals surface area contributed by atoms with Gasteiger partial charge in [-0.05, 0) is 48.9 Å². The second-order valence-corrected chi connectivity index (χ2v) is 7.21. The van der Waals surface area contributed by atoms with Gasteiger partial charge in [-0.15, -0.1) is 0 Å². The molecular weight excluding hydrogens is 420 g/mol. The number of fused-ring (bicyclic) bond motifs is 1. The van der Waals surface area contributed by atoms with Crippen LogP contribution < -0.4 is 5.32 Å². The molecule has 0 atom stereocenters. The Kier molecular flexibility index (Phi) is 5.07. The highest BCUT2D eigenvalue weighted by atomic mass is 79.9. The molecule has 0 radical (unpaired) electrons. The summed E-state index contributed by atoms with van der Waals surface area (Å²) in [7, 11) is 1.55. The molecule has 26 heavy (non-hydrogen) atoms. The van der Waals surface area contributed by atoms with Crippen molar-refractivity contribution in [3.05, 3.63) is 62.7 Å². The third-order valence-electron chi connectivity index (χ3n) is 4.31. The Bertz CT molecular complexity index is 1030. The minimum absolute atomic E-state index is 0.0921. The van der Waals surface area contributed by atoms with E-state index in [1.807, 2.05) is 0 Å². The van der Waals surface area contributed by atoms with Crippen LogP contribution in [0.2, 0.25) is 5.02 Å². The van der Waals surface area contributed by atoms with Gasteiger partial charge in [-0.1, -0.05) is 27.5 Å². The number of hydrogen-bond acceptors (Lipinski definition) is 3. The fourth-order valence-corrected chi connectivity index (χ4v) is 3.37. The number of nitrogens with one attached hydrogen (secondary N) is 1. The summed E-state index contributed by atoms with van der Waals surface area (Å²) in [4.78, 5) is 25.0. The summed E-state index contributed by atoms with van der Waals surface area (Å²) in [6.45, 7) is 1.78. The summed E-state index contributed by atoms with van der Waals surface area (Å²) in [5.41, 5.74) is 2.37. The minimum Gasteiger partial charge on any atom is -0.506 e. The van der Waals surface area contributed by atoms with Crippen molar-refractivity contribution in [2.45, 2.75) is 13.3 Å². The van der Waals surface area contributed by atoms with Crippen molar-refractivity contribution < 1.29 is 14.7 Å². The van der Waals surface area contributed by atoms with Crippen LogP contribution in [0.15, 0.2) is 40.9 Å². The molecule has 0 fully saturated rings. The van der Waals surface area contributed by atoms with Gasteiger partial charge in [-0.2, -0.15) is 0 Å². The second kappa shape index (κ2) is 7.13. The number of carbonyl (C=O) groups excluding carboxylic acids is 2. The Morgan fingerprint density at radius 3 is 2.50 bits per heavy atom. The van der Waals surface area contributed by atoms with E-state index in [0.717, 1.165) is 4.47 Å². The van der Waals surface area contributed by atoms with Crippen LogP contribution in [0.3, 0.4) is 0 Å². The predicted molar refractivity (Wildman–Crippen MR) is 105 cm³/mol. The summed E-state index contributed by atoms with van der Waals surface area (Å²) >= 11 is 9.42. The van der Waals surface area contributed by atoms with E-state index in [4.69, 9.17) is 11.6 Å². The lowest BCUT2D eigenvalue weighted by atomic mass is 10.1. The standard InChI is InChI=1S/C19H16BrClN2O3/c1-10-13(8-18(25)22-2)14-7-17(24)15(21)9-16(14)23(10)19(26)11-3-5-12(20)6-4-11/h3-7,9,24H,8H2,1-2H3,(H,22,25). The number of halogens is 2. The van der Waals surface area contributed by atoms with Crippen LogP contribution in [0, 0.1) is 6.92 Å². The number of aromatic nitrogens is 1. The van der Waals surface area contributed by atoms with Crippen LogP contribution in [0.25, 0.3) is 10.9 Å². The lowest BCUT2D eigenvalue weighted by molar-refractivity contribution is -0.119. The van der Waals surface area contributed by atoms with Gasteiger partial charge >= 0.3 is 0 Å². The Balaban J connectivity index is 2.25. The zero-order chi connectivity index (χ0) is 19.0. The van der Waals surface area contributed by atoms with Gasteiger partial charge in [0.25, 0.3) is 5.91 Å². The molecule has 0 aliphatic heterocycles. The predicted octanol–water partition coefficient (Wildman–Crippen LogP) is 4.05. The molecule has 0 spiro atoms. The number of phenolic OH excluding ortho intramolecular Hbond substituents is 1. The molecule has 1 aromatic heterocycles. The first-order valence-electron chi connectivity index (χ1n) is 7.86. The summed E-state index contributed by atoms with van der Waals surface area (Å²) in [6, 6.07) is 10.1. The van der Waals surface area contributed by atoms with Crippen LogP contribution in [0.4, 0.5) is 0 Å². The zero-order valence-corrected chi connectivity index (χ0v) is 16.5. The Morgan fingerprint density at radius 1 is 1.23 bits per heavy atom. The van der Waals surface area contributed by atoms with E-state index in [-0.39, 0.29) is 29.0 Å². The average molecular weight is 436 g/mol. The Hall–Kier alpha value is -2.31. The quantitative estimate of drug-likeness (QED) is 0.652. The molecule has 2 aromatic carbocycles. The van der Waals surface area contributed by atoms with Crippen LogP contribution in [-0.2, 0) is 11.2 Å². The molecular formula is C19H16BrClN2O3. The van der Waals surface area contributed by atoms with Gasteiger partial charge < -0.3 is 10.4 Å². The summed E-state index contributed by atoms with van der Waals surface area (Å²) < 4.78 is 2.40. The number of rotatable bonds is 3. The highest BCUT2D eigenvalue weighted by Crippen LogP contribution is 2.35. The first kappa shape index (κ1) is 18.5. The molecule has 0 aliphatic rings. The van der Waals surface area contributed by atoms with E-state index in [2.05, 4.69) is 21.2 Å². The number of nitrogens with zero attached hydrogens (tertiary/aromatic N) is 1. The number of carbonyl (C=O) groups is 2. The van der Waals surface area contributed by atoms with Gasteiger partial charge in [0.05, 0.1) is 17.0 Å². The van der Waals surface area contributed by atoms with Crippen molar-refractivity contribution in [2.75, 3.05) is 7.05 Å². The van der Waals surface area contributed by atoms with Crippen molar-refractivity contribution in [1.82, 2.24) is 9.88 Å². The Morgan fingerprint density at radius 2 is 1.88 bits per heavy atom. The van der Waals surface area contributed by atoms with Gasteiger partial charge in [0.2, 0.25) is 5.91 Å². The maximum absolute atomic E-state index is 13.1. The molecule has 1 heterocycles. The van der Waals surface area contributed by atoms with Crippen LogP contribution in [-0.4, -0.2) is 28.5 Å². The molecule has 1 amide bonds. The van der Waals surface area contributed by atoms with Crippen LogP contribution in [0.5, 0.6) is 5.75 Å². The van der Waals surface area contributed by atoms with Gasteiger partial charge in [-0.25, -0.2) is 0 Å². The largest absolute Gasteiger partial charge is 0.506 e. The van der Waals surface area contributed by atoms with Crippen molar-refractivity contribution in [3.63, 3.8) is 0 Å². The topological polar surface area (TPSA) is 71.3 Å².